The Balaban J connectivity index is 1.74. The number of β-lactam (4-membered cyclic amide) rings is 1. The summed E-state index contributed by atoms with van der Waals surface area (Å²) in [5.74, 6) is -3.52. The van der Waals surface area contributed by atoms with Gasteiger partial charge in [-0.05, 0) is 24.6 Å². The number of nitrogens with zero attached hydrogens (tertiary/aromatic N) is 5. The van der Waals surface area contributed by atoms with Crippen LogP contribution in [0.5, 0.6) is 0 Å². The third kappa shape index (κ3) is 7.22. The van der Waals surface area contributed by atoms with Gasteiger partial charge in [0.15, 0.2) is 5.13 Å². The van der Waals surface area contributed by atoms with Crippen LogP contribution in [-0.4, -0.2) is 105 Å². The molecule has 1 aromatic rings. The van der Waals surface area contributed by atoms with Crippen molar-refractivity contribution in [1.82, 2.24) is 19.6 Å². The van der Waals surface area contributed by atoms with E-state index in [4.69, 9.17) is 16.3 Å². The Morgan fingerprint density at radius 2 is 2.08 bits per heavy atom. The summed E-state index contributed by atoms with van der Waals surface area (Å²) >= 11 is 2.07. The highest BCUT2D eigenvalue weighted by Crippen LogP contribution is 2.40. The maximum absolute atomic E-state index is 13.0. The number of carboxylic acid groups (broad SMARTS) is 1. The molecule has 2 aliphatic heterocycles. The molecule has 1 fully saturated rings. The Morgan fingerprint density at radius 3 is 2.67 bits per heavy atom. The lowest BCUT2D eigenvalue weighted by Crippen LogP contribution is -2.71. The fourth-order valence-corrected chi connectivity index (χ4v) is 5.59. The van der Waals surface area contributed by atoms with Gasteiger partial charge >= 0.3 is 0 Å². The Bertz CT molecular complexity index is 1280. The molecule has 3 unspecified atom stereocenters. The maximum Gasteiger partial charge on any atom is 0.278 e. The second kappa shape index (κ2) is 13.5. The molecule has 0 radical (unpaired) electrons. The molecule has 3 rings (SSSR count). The van der Waals surface area contributed by atoms with Crippen LogP contribution in [0.25, 0.3) is 0 Å². The minimum atomic E-state index is -1.52. The van der Waals surface area contributed by atoms with Crippen molar-refractivity contribution in [3.8, 4) is 0 Å². The maximum atomic E-state index is 13.0. The lowest BCUT2D eigenvalue weighted by atomic mass is 10.0. The quantitative estimate of drug-likeness (QED) is 0.0553. The number of thioether (sulfide) groups is 1. The molecule has 0 spiro atoms. The van der Waals surface area contributed by atoms with Crippen LogP contribution in [0, 0.1) is 0 Å². The zero-order valence-electron chi connectivity index (χ0n) is 21.7. The summed E-state index contributed by atoms with van der Waals surface area (Å²) in [7, 11) is 1.97. The third-order valence-electron chi connectivity index (χ3n) is 6.13. The van der Waals surface area contributed by atoms with Crippen LogP contribution < -0.4 is 21.9 Å². The highest BCUT2D eigenvalue weighted by molar-refractivity contribution is 8.00. The van der Waals surface area contributed by atoms with E-state index in [2.05, 4.69) is 19.8 Å². The van der Waals surface area contributed by atoms with Crippen molar-refractivity contribution in [3.63, 3.8) is 0 Å². The summed E-state index contributed by atoms with van der Waals surface area (Å²) < 4.78 is 16.9. The number of rotatable bonds is 14. The van der Waals surface area contributed by atoms with E-state index in [0.29, 0.717) is 23.1 Å². The van der Waals surface area contributed by atoms with Crippen LogP contribution in [0.3, 0.4) is 0 Å². The molecular weight excluding hydrogens is 567 g/mol. The number of fused-ring (bicyclic) bond motifs is 1. The number of oxime groups is 1. The molecule has 40 heavy (non-hydrogen) atoms. The van der Waals surface area contributed by atoms with Crippen LogP contribution in [0.4, 0.5) is 9.52 Å². The van der Waals surface area contributed by atoms with Crippen LogP contribution in [0.1, 0.15) is 12.7 Å². The van der Waals surface area contributed by atoms with Gasteiger partial charge < -0.3 is 36.0 Å². The lowest BCUT2D eigenvalue weighted by Gasteiger charge is -2.50. The average molecular weight is 597 g/mol. The zero-order valence-corrected chi connectivity index (χ0v) is 23.4. The Hall–Kier alpha value is -3.83. The highest BCUT2D eigenvalue weighted by atomic mass is 32.2. The number of carbonyl (C=O) groups is 4. The summed E-state index contributed by atoms with van der Waals surface area (Å²) in [6.07, 6.45) is 6.42. The fraction of sp³-hybridized carbons (Fsp3) is 0.435. The SMILES string of the molecule is CC[N+](C)(CC=CC(N)=O)CC=CC1=C(C(=O)[O-])N2C(=O)C(NC(=O)C(=NOCCF)c3nsc(N)n3)C2SC1. The summed E-state index contributed by atoms with van der Waals surface area (Å²) in [6.45, 7) is 2.50. The van der Waals surface area contributed by atoms with Crippen molar-refractivity contribution in [3.05, 3.63) is 41.4 Å². The number of quaternary nitrogens is 1. The molecule has 2 aliphatic rings. The van der Waals surface area contributed by atoms with Gasteiger partial charge in [-0.1, -0.05) is 11.2 Å². The number of nitrogen functional groups attached to an aromatic ring is 1. The Morgan fingerprint density at radius 1 is 1.35 bits per heavy atom. The van der Waals surface area contributed by atoms with Gasteiger partial charge in [0.25, 0.3) is 11.8 Å². The molecule has 1 aromatic heterocycles. The standard InChI is InChI=1S/C23H29FN8O6S2/c1-3-32(2,10-5-7-14(25)33)9-4-6-13-12-39-21-16(20(35)31(21)17(13)22(36)37)27-19(34)15(29-38-11-8-24)18-28-23(26)40-30-18/h4-7,16,21H,3,8-12H2,1-2H3,(H5-,25,26,27,28,30,33,34,36,37). The number of allylic oxidation sites excluding steroid dienone is 1. The average Bonchev–Trinajstić information content (AvgIpc) is 3.34. The normalized spacial score (nSPS) is 20.8. The predicted molar refractivity (Wildman–Crippen MR) is 144 cm³/mol. The number of hydrogen-bond acceptors (Lipinski definition) is 12. The molecule has 3 amide bonds. The first-order valence-electron chi connectivity index (χ1n) is 12.0. The van der Waals surface area contributed by atoms with Gasteiger partial charge in [0, 0.05) is 23.4 Å². The number of carbonyl (C=O) groups excluding carboxylic acids is 4. The molecule has 3 atom stereocenters. The number of hydrogen-bond donors (Lipinski definition) is 3. The lowest BCUT2D eigenvalue weighted by molar-refractivity contribution is -0.896. The Kier molecular flexibility index (Phi) is 10.4. The first kappa shape index (κ1) is 30.7. The van der Waals surface area contributed by atoms with E-state index in [9.17, 15) is 28.7 Å². The molecule has 0 aromatic carbocycles. The topological polar surface area (TPSA) is 206 Å². The molecule has 17 heteroatoms. The van der Waals surface area contributed by atoms with Crippen molar-refractivity contribution < 1.29 is 38.0 Å². The number of primary amides is 1. The first-order chi connectivity index (χ1) is 19.0. The molecule has 0 saturated carbocycles. The number of likely N-dealkylation sites (N-methyl/N-ethyl adjacent to an activating group) is 1. The number of anilines is 1. The van der Waals surface area contributed by atoms with Crippen LogP contribution in [-0.2, 0) is 24.0 Å². The van der Waals surface area contributed by atoms with Crippen LogP contribution >= 0.6 is 23.3 Å². The van der Waals surface area contributed by atoms with Gasteiger partial charge in [-0.3, -0.25) is 19.3 Å². The van der Waals surface area contributed by atoms with Crippen molar-refractivity contribution >= 4 is 57.8 Å². The molecule has 1 saturated heterocycles. The number of halogens is 1. The molecule has 14 nitrogen and oxygen atoms in total. The summed E-state index contributed by atoms with van der Waals surface area (Å²) in [5.41, 5.74) is 10.4. The molecule has 3 heterocycles. The van der Waals surface area contributed by atoms with Crippen molar-refractivity contribution in [2.45, 2.75) is 18.3 Å². The van der Waals surface area contributed by atoms with Gasteiger partial charge in [-0.15, -0.1) is 11.8 Å². The molecule has 0 bridgehead atoms. The number of alkyl halides is 1. The number of nitrogens with one attached hydrogen (secondary N) is 1. The number of amides is 3. The van der Waals surface area contributed by atoms with E-state index < -0.39 is 54.1 Å². The van der Waals surface area contributed by atoms with E-state index in [-0.39, 0.29) is 22.4 Å². The van der Waals surface area contributed by atoms with E-state index in [1.807, 2.05) is 14.0 Å². The van der Waals surface area contributed by atoms with Crippen molar-refractivity contribution in [1.29, 1.82) is 0 Å². The second-order valence-corrected chi connectivity index (χ2v) is 10.8. The minimum Gasteiger partial charge on any atom is -0.543 e. The van der Waals surface area contributed by atoms with Gasteiger partial charge in [0.2, 0.25) is 17.4 Å². The minimum absolute atomic E-state index is 0.0548. The number of nitrogens with two attached hydrogens (primary N) is 2. The van der Waals surface area contributed by atoms with Crippen molar-refractivity contribution in [2.75, 3.05) is 51.4 Å². The van der Waals surface area contributed by atoms with Crippen LogP contribution in [0.2, 0.25) is 0 Å². The fourth-order valence-electron chi connectivity index (χ4n) is 3.84. The van der Waals surface area contributed by atoms with E-state index >= 15 is 0 Å². The molecular formula is C23H29FN8O6S2. The van der Waals surface area contributed by atoms with Crippen LogP contribution in [0.15, 0.2) is 40.7 Å². The smallest absolute Gasteiger partial charge is 0.278 e. The van der Waals surface area contributed by atoms with Gasteiger partial charge in [-0.25, -0.2) is 4.39 Å². The first-order valence-corrected chi connectivity index (χ1v) is 13.8. The summed E-state index contributed by atoms with van der Waals surface area (Å²) in [4.78, 5) is 58.7. The molecule has 216 valence electrons. The summed E-state index contributed by atoms with van der Waals surface area (Å²) in [6, 6.07) is -1.07. The number of aliphatic carboxylic acids is 1. The largest absolute Gasteiger partial charge is 0.543 e. The number of aromatic nitrogens is 2. The number of carboxylic acids is 1. The monoisotopic (exact) mass is 596 g/mol. The van der Waals surface area contributed by atoms with E-state index in [1.54, 1.807) is 18.2 Å². The van der Waals surface area contributed by atoms with Gasteiger partial charge in [-0.2, -0.15) is 9.36 Å². The molecule has 5 N–H and O–H groups in total. The van der Waals surface area contributed by atoms with Gasteiger partial charge in [0.05, 0.1) is 38.3 Å². The Labute approximate surface area is 237 Å². The predicted octanol–water partition coefficient (Wildman–Crippen LogP) is -1.72. The summed E-state index contributed by atoms with van der Waals surface area (Å²) in [5, 5.41) is 17.5. The van der Waals surface area contributed by atoms with Crippen molar-refractivity contribution in [2.24, 2.45) is 10.9 Å². The third-order valence-corrected chi connectivity index (χ3v) is 7.97. The van der Waals surface area contributed by atoms with E-state index in [0.717, 1.165) is 23.0 Å². The van der Waals surface area contributed by atoms with Gasteiger partial charge in [0.1, 0.15) is 24.7 Å². The highest BCUT2D eigenvalue weighted by Gasteiger charge is 2.53. The van der Waals surface area contributed by atoms with E-state index in [1.165, 1.54) is 17.8 Å². The zero-order chi connectivity index (χ0) is 29.4. The molecule has 0 aliphatic carbocycles. The second-order valence-electron chi connectivity index (χ2n) is 8.95.